The van der Waals surface area contributed by atoms with Gasteiger partial charge in [-0.25, -0.2) is 4.79 Å². The highest BCUT2D eigenvalue weighted by molar-refractivity contribution is 5.88. The van der Waals surface area contributed by atoms with Crippen LogP contribution in [-0.2, 0) is 6.18 Å². The van der Waals surface area contributed by atoms with Crippen molar-refractivity contribution >= 4 is 17.5 Å². The van der Waals surface area contributed by atoms with E-state index in [2.05, 4.69) is 25.7 Å². The molecule has 10 nitrogen and oxygen atoms in total. The van der Waals surface area contributed by atoms with Crippen LogP contribution in [0.15, 0.2) is 30.3 Å². The lowest BCUT2D eigenvalue weighted by molar-refractivity contribution is -0.137. The minimum atomic E-state index is -4.62. The van der Waals surface area contributed by atoms with Gasteiger partial charge >= 0.3 is 12.2 Å². The number of hydrogen-bond acceptors (Lipinski definition) is 8. The highest BCUT2D eigenvalue weighted by atomic mass is 19.4. The Balaban J connectivity index is 1.07. The van der Waals surface area contributed by atoms with Crippen LogP contribution in [0.25, 0.3) is 0 Å². The number of hydrogen-bond donors (Lipinski definition) is 2. The Morgan fingerprint density at radius 3 is 2.35 bits per heavy atom. The molecule has 3 aliphatic rings. The molecular formula is C27H33F3N8O2. The van der Waals surface area contributed by atoms with Gasteiger partial charge in [0.1, 0.15) is 6.10 Å². The van der Waals surface area contributed by atoms with E-state index in [9.17, 15) is 18.0 Å². The maximum Gasteiger partial charge on any atom is 0.417 e. The topological polar surface area (TPSA) is 110 Å². The van der Waals surface area contributed by atoms with Crippen molar-refractivity contribution in [1.29, 1.82) is 5.26 Å². The third-order valence-electron chi connectivity index (χ3n) is 7.83. The van der Waals surface area contributed by atoms with Crippen molar-refractivity contribution in [3.8, 4) is 11.9 Å². The molecule has 1 aromatic heterocycles. The Kier molecular flexibility index (Phi) is 8.56. The molecule has 0 spiro atoms. The number of nitriles is 1. The molecule has 0 saturated carbocycles. The van der Waals surface area contributed by atoms with Gasteiger partial charge in [-0.2, -0.15) is 18.4 Å². The first-order chi connectivity index (χ1) is 19.3. The number of anilines is 2. The second-order valence-electron chi connectivity index (χ2n) is 10.3. The molecule has 0 bridgehead atoms. The lowest BCUT2D eigenvalue weighted by Gasteiger charge is -2.39. The number of carbonyl (C=O) groups excluding carboxylic acids is 1. The van der Waals surface area contributed by atoms with E-state index in [1.54, 1.807) is 28.0 Å². The fourth-order valence-corrected chi connectivity index (χ4v) is 5.57. The number of rotatable bonds is 5. The van der Waals surface area contributed by atoms with Crippen LogP contribution in [0.1, 0.15) is 36.8 Å². The molecule has 0 aliphatic carbocycles. The number of ether oxygens (including phenoxy) is 1. The smallest absolute Gasteiger partial charge is 0.417 e. The molecule has 2 amide bonds. The van der Waals surface area contributed by atoms with E-state index >= 15 is 0 Å². The van der Waals surface area contributed by atoms with E-state index in [4.69, 9.17) is 10.00 Å². The average Bonchev–Trinajstić information content (AvgIpc) is 2.98. The number of carbonyl (C=O) groups is 1. The van der Waals surface area contributed by atoms with E-state index in [-0.39, 0.29) is 12.1 Å². The summed E-state index contributed by atoms with van der Waals surface area (Å²) in [6, 6.07) is 8.91. The summed E-state index contributed by atoms with van der Waals surface area (Å²) in [5.41, 5.74) is -1.00. The van der Waals surface area contributed by atoms with Crippen LogP contribution in [0.4, 0.5) is 29.5 Å². The van der Waals surface area contributed by atoms with Crippen molar-refractivity contribution in [3.63, 3.8) is 0 Å². The SMILES string of the molecule is N#Cc1ccc(N2CCN(C(=O)Nc3ccc(OC4CCN(C5CCNCC5)CC4)nn3)CC2)cc1C(F)(F)F. The second kappa shape index (κ2) is 12.3. The number of halogens is 3. The number of piperidine rings is 2. The first-order valence-corrected chi connectivity index (χ1v) is 13.7. The molecule has 0 atom stereocenters. The molecule has 0 unspecified atom stereocenters. The number of likely N-dealkylation sites (tertiary alicyclic amines) is 1. The van der Waals surface area contributed by atoms with Crippen LogP contribution in [0.3, 0.4) is 0 Å². The maximum absolute atomic E-state index is 13.3. The molecule has 2 N–H and O–H groups in total. The number of alkyl halides is 3. The summed E-state index contributed by atoms with van der Waals surface area (Å²) in [7, 11) is 0. The van der Waals surface area contributed by atoms with Gasteiger partial charge in [0.2, 0.25) is 5.88 Å². The number of aromatic nitrogens is 2. The largest absolute Gasteiger partial charge is 0.473 e. The lowest BCUT2D eigenvalue weighted by Crippen LogP contribution is -2.50. The first-order valence-electron chi connectivity index (χ1n) is 13.7. The van der Waals surface area contributed by atoms with Crippen LogP contribution < -0.4 is 20.3 Å². The van der Waals surface area contributed by atoms with Crippen LogP contribution in [-0.4, -0.2) is 90.5 Å². The highest BCUT2D eigenvalue weighted by Gasteiger charge is 2.34. The van der Waals surface area contributed by atoms with Gasteiger partial charge in [0.25, 0.3) is 0 Å². The Bertz CT molecular complexity index is 1200. The Morgan fingerprint density at radius 1 is 1.00 bits per heavy atom. The Morgan fingerprint density at radius 2 is 1.73 bits per heavy atom. The molecule has 3 saturated heterocycles. The van der Waals surface area contributed by atoms with Gasteiger partial charge in [-0.05, 0) is 63.0 Å². The first kappa shape index (κ1) is 27.9. The van der Waals surface area contributed by atoms with E-state index in [0.717, 1.165) is 45.1 Å². The van der Waals surface area contributed by atoms with E-state index in [1.807, 2.05) is 0 Å². The third-order valence-corrected chi connectivity index (χ3v) is 7.83. The van der Waals surface area contributed by atoms with Gasteiger partial charge in [-0.3, -0.25) is 5.32 Å². The summed E-state index contributed by atoms with van der Waals surface area (Å²) in [6.07, 6.45) is -0.257. The monoisotopic (exact) mass is 558 g/mol. The quantitative estimate of drug-likeness (QED) is 0.576. The molecule has 2 aromatic rings. The fourth-order valence-electron chi connectivity index (χ4n) is 5.57. The Labute approximate surface area is 231 Å². The Hall–Kier alpha value is -3.63. The number of urea groups is 1. The summed E-state index contributed by atoms with van der Waals surface area (Å²) in [6.45, 7) is 5.53. The fraction of sp³-hybridized carbons (Fsp3) is 0.556. The summed E-state index contributed by atoms with van der Waals surface area (Å²) in [5, 5.41) is 23.3. The molecule has 1 aromatic carbocycles. The average molecular weight is 559 g/mol. The highest BCUT2D eigenvalue weighted by Crippen LogP contribution is 2.34. The molecule has 214 valence electrons. The van der Waals surface area contributed by atoms with Crippen molar-refractivity contribution in [3.05, 3.63) is 41.5 Å². The number of piperazine rings is 1. The summed E-state index contributed by atoms with van der Waals surface area (Å²) in [4.78, 5) is 18.7. The van der Waals surface area contributed by atoms with E-state index in [1.165, 1.54) is 25.0 Å². The zero-order valence-corrected chi connectivity index (χ0v) is 22.2. The number of benzene rings is 1. The van der Waals surface area contributed by atoms with Gasteiger partial charge < -0.3 is 24.8 Å². The van der Waals surface area contributed by atoms with Crippen LogP contribution in [0.2, 0.25) is 0 Å². The molecule has 0 radical (unpaired) electrons. The molecule has 3 fully saturated rings. The van der Waals surface area contributed by atoms with Crippen LogP contribution in [0, 0.1) is 11.3 Å². The molecule has 4 heterocycles. The summed E-state index contributed by atoms with van der Waals surface area (Å²) < 4.78 is 46.0. The third kappa shape index (κ3) is 6.74. The second-order valence-corrected chi connectivity index (χ2v) is 10.3. The number of nitrogens with zero attached hydrogens (tertiary/aromatic N) is 6. The van der Waals surface area contributed by atoms with Gasteiger partial charge in [0, 0.05) is 57.1 Å². The zero-order valence-electron chi connectivity index (χ0n) is 22.2. The van der Waals surface area contributed by atoms with E-state index < -0.39 is 17.3 Å². The molecular weight excluding hydrogens is 525 g/mol. The minimum absolute atomic E-state index is 0.0901. The molecule has 5 rings (SSSR count). The van der Waals surface area contributed by atoms with Gasteiger partial charge in [-0.15, -0.1) is 10.2 Å². The van der Waals surface area contributed by atoms with Gasteiger partial charge in [-0.1, -0.05) is 0 Å². The van der Waals surface area contributed by atoms with Crippen molar-refractivity contribution in [2.75, 3.05) is 62.6 Å². The van der Waals surface area contributed by atoms with Crippen molar-refractivity contribution in [2.24, 2.45) is 0 Å². The molecule has 40 heavy (non-hydrogen) atoms. The van der Waals surface area contributed by atoms with Gasteiger partial charge in [0.05, 0.1) is 17.2 Å². The summed E-state index contributed by atoms with van der Waals surface area (Å²) >= 11 is 0. The standard InChI is InChI=1S/C27H33F3N8O2/c28-27(29,30)23-17-21(2-1-19(23)18-31)37-13-15-38(16-14-37)26(39)33-24-3-4-25(35-34-24)40-22-7-11-36(12-8-22)20-5-9-32-10-6-20/h1-4,17,20,22,32H,5-16H2,(H,33,34,39). The molecule has 13 heteroatoms. The van der Waals surface area contributed by atoms with Crippen molar-refractivity contribution < 1.29 is 22.7 Å². The normalized spacial score (nSPS) is 19.8. The number of amides is 2. The predicted octanol–water partition coefficient (Wildman–Crippen LogP) is 3.32. The van der Waals surface area contributed by atoms with E-state index in [0.29, 0.717) is 49.6 Å². The van der Waals surface area contributed by atoms with Crippen LogP contribution >= 0.6 is 0 Å². The number of nitrogens with one attached hydrogen (secondary N) is 2. The predicted molar refractivity (Wildman–Crippen MR) is 142 cm³/mol. The summed E-state index contributed by atoms with van der Waals surface area (Å²) in [5.74, 6) is 0.718. The maximum atomic E-state index is 13.3. The van der Waals surface area contributed by atoms with Crippen molar-refractivity contribution in [2.45, 2.75) is 44.0 Å². The van der Waals surface area contributed by atoms with Crippen molar-refractivity contribution in [1.82, 2.24) is 25.3 Å². The van der Waals surface area contributed by atoms with Gasteiger partial charge in [0.15, 0.2) is 5.82 Å². The zero-order chi connectivity index (χ0) is 28.1. The van der Waals surface area contributed by atoms with Crippen LogP contribution in [0.5, 0.6) is 5.88 Å². The minimum Gasteiger partial charge on any atom is -0.473 e. The molecule has 3 aliphatic heterocycles. The lowest BCUT2D eigenvalue weighted by atomic mass is 10.00.